The Bertz CT molecular complexity index is 323. The second kappa shape index (κ2) is 5.08. The van der Waals surface area contributed by atoms with E-state index in [9.17, 15) is 0 Å². The van der Waals surface area contributed by atoms with Crippen LogP contribution in [-0.2, 0) is 6.54 Å². The van der Waals surface area contributed by atoms with Gasteiger partial charge in [0.2, 0.25) is 0 Å². The fraction of sp³-hybridized carbons (Fsp3) is 0.583. The van der Waals surface area contributed by atoms with Crippen molar-refractivity contribution in [2.24, 2.45) is 5.92 Å². The summed E-state index contributed by atoms with van der Waals surface area (Å²) < 4.78 is 1.07. The van der Waals surface area contributed by atoms with Crippen LogP contribution < -0.4 is 0 Å². The molecule has 2 rings (SSSR count). The SMILES string of the molecule is CCN(Cc1cncc(Br)c1)CC1CC1. The van der Waals surface area contributed by atoms with E-state index in [1.807, 2.05) is 12.4 Å². The maximum absolute atomic E-state index is 4.19. The number of hydrogen-bond donors (Lipinski definition) is 0. The first kappa shape index (κ1) is 11.1. The minimum absolute atomic E-state index is 0.963. The smallest absolute Gasteiger partial charge is 0.0410 e. The number of halogens is 1. The van der Waals surface area contributed by atoms with E-state index >= 15 is 0 Å². The molecule has 1 aromatic rings. The van der Waals surface area contributed by atoms with Crippen molar-refractivity contribution in [1.29, 1.82) is 0 Å². The number of aromatic nitrogens is 1. The van der Waals surface area contributed by atoms with Gasteiger partial charge in [-0.3, -0.25) is 9.88 Å². The summed E-state index contributed by atoms with van der Waals surface area (Å²) in [5, 5.41) is 0. The van der Waals surface area contributed by atoms with Gasteiger partial charge in [-0.05, 0) is 52.9 Å². The predicted molar refractivity (Wildman–Crippen MR) is 65.6 cm³/mol. The summed E-state index contributed by atoms with van der Waals surface area (Å²) >= 11 is 3.46. The van der Waals surface area contributed by atoms with Gasteiger partial charge in [0.15, 0.2) is 0 Å². The van der Waals surface area contributed by atoms with Crippen molar-refractivity contribution in [2.75, 3.05) is 13.1 Å². The zero-order chi connectivity index (χ0) is 10.7. The van der Waals surface area contributed by atoms with E-state index in [1.165, 1.54) is 24.9 Å². The van der Waals surface area contributed by atoms with Crippen LogP contribution in [0.3, 0.4) is 0 Å². The molecule has 0 radical (unpaired) electrons. The molecule has 0 aromatic carbocycles. The quantitative estimate of drug-likeness (QED) is 0.816. The van der Waals surface area contributed by atoms with Crippen LogP contribution in [0.4, 0.5) is 0 Å². The molecule has 82 valence electrons. The molecule has 0 aliphatic heterocycles. The van der Waals surface area contributed by atoms with Crippen molar-refractivity contribution >= 4 is 15.9 Å². The molecule has 1 fully saturated rings. The van der Waals surface area contributed by atoms with Crippen LogP contribution in [0.5, 0.6) is 0 Å². The molecule has 0 unspecified atom stereocenters. The molecule has 1 heterocycles. The average molecular weight is 269 g/mol. The zero-order valence-corrected chi connectivity index (χ0v) is 10.7. The Morgan fingerprint density at radius 1 is 1.47 bits per heavy atom. The normalized spacial score (nSPS) is 15.9. The number of nitrogens with zero attached hydrogens (tertiary/aromatic N) is 2. The van der Waals surface area contributed by atoms with Crippen molar-refractivity contribution in [3.63, 3.8) is 0 Å². The third-order valence-corrected chi connectivity index (χ3v) is 3.26. The molecule has 0 N–H and O–H groups in total. The Morgan fingerprint density at radius 3 is 2.87 bits per heavy atom. The van der Waals surface area contributed by atoms with Gasteiger partial charge in [-0.25, -0.2) is 0 Å². The third kappa shape index (κ3) is 3.58. The van der Waals surface area contributed by atoms with E-state index in [1.54, 1.807) is 0 Å². The van der Waals surface area contributed by atoms with Crippen molar-refractivity contribution in [2.45, 2.75) is 26.3 Å². The second-order valence-corrected chi connectivity index (χ2v) is 5.20. The third-order valence-electron chi connectivity index (χ3n) is 2.83. The monoisotopic (exact) mass is 268 g/mol. The van der Waals surface area contributed by atoms with Gasteiger partial charge in [0.1, 0.15) is 0 Å². The summed E-state index contributed by atoms with van der Waals surface area (Å²) in [7, 11) is 0. The van der Waals surface area contributed by atoms with Gasteiger partial charge in [-0.2, -0.15) is 0 Å². The van der Waals surface area contributed by atoms with E-state index < -0.39 is 0 Å². The molecular weight excluding hydrogens is 252 g/mol. The summed E-state index contributed by atoms with van der Waals surface area (Å²) in [5.74, 6) is 0.963. The fourth-order valence-electron chi connectivity index (χ4n) is 1.77. The lowest BCUT2D eigenvalue weighted by Gasteiger charge is -2.19. The van der Waals surface area contributed by atoms with E-state index in [2.05, 4.69) is 38.8 Å². The second-order valence-electron chi connectivity index (χ2n) is 4.28. The van der Waals surface area contributed by atoms with Gasteiger partial charge in [0, 0.05) is 30.0 Å². The van der Waals surface area contributed by atoms with Gasteiger partial charge in [0.05, 0.1) is 0 Å². The molecular formula is C12H17BrN2. The Kier molecular flexibility index (Phi) is 3.76. The topological polar surface area (TPSA) is 16.1 Å². The molecule has 0 saturated heterocycles. The molecule has 2 nitrogen and oxygen atoms in total. The molecule has 1 aliphatic carbocycles. The van der Waals surface area contributed by atoms with Crippen molar-refractivity contribution in [3.8, 4) is 0 Å². The van der Waals surface area contributed by atoms with Crippen LogP contribution in [0.25, 0.3) is 0 Å². The lowest BCUT2D eigenvalue weighted by Crippen LogP contribution is -2.25. The van der Waals surface area contributed by atoms with E-state index in [4.69, 9.17) is 0 Å². The highest BCUT2D eigenvalue weighted by Gasteiger charge is 2.23. The Morgan fingerprint density at radius 2 is 2.27 bits per heavy atom. The molecule has 0 spiro atoms. The first-order chi connectivity index (χ1) is 7.28. The maximum Gasteiger partial charge on any atom is 0.0410 e. The Hall–Kier alpha value is -0.410. The Balaban J connectivity index is 1.92. The van der Waals surface area contributed by atoms with Crippen LogP contribution >= 0.6 is 15.9 Å². The maximum atomic E-state index is 4.19. The molecule has 1 saturated carbocycles. The van der Waals surface area contributed by atoms with Gasteiger partial charge in [-0.15, -0.1) is 0 Å². The summed E-state index contributed by atoms with van der Waals surface area (Å²) in [6, 6.07) is 2.16. The van der Waals surface area contributed by atoms with Crippen LogP contribution in [-0.4, -0.2) is 23.0 Å². The summed E-state index contributed by atoms with van der Waals surface area (Å²) in [6.07, 6.45) is 6.64. The van der Waals surface area contributed by atoms with Crippen molar-refractivity contribution in [3.05, 3.63) is 28.5 Å². The highest BCUT2D eigenvalue weighted by atomic mass is 79.9. The minimum Gasteiger partial charge on any atom is -0.299 e. The average Bonchev–Trinajstić information content (AvgIpc) is 3.01. The van der Waals surface area contributed by atoms with E-state index in [-0.39, 0.29) is 0 Å². The number of rotatable bonds is 5. The molecule has 3 heteroatoms. The minimum atomic E-state index is 0.963. The molecule has 0 amide bonds. The van der Waals surface area contributed by atoms with Crippen LogP contribution in [0, 0.1) is 5.92 Å². The fourth-order valence-corrected chi connectivity index (χ4v) is 2.18. The van der Waals surface area contributed by atoms with Crippen molar-refractivity contribution in [1.82, 2.24) is 9.88 Å². The van der Waals surface area contributed by atoms with Crippen molar-refractivity contribution < 1.29 is 0 Å². The van der Waals surface area contributed by atoms with E-state index in [0.29, 0.717) is 0 Å². The predicted octanol–water partition coefficient (Wildman–Crippen LogP) is 3.08. The highest BCUT2D eigenvalue weighted by molar-refractivity contribution is 9.10. The standard InChI is InChI=1S/C12H17BrN2/c1-2-15(8-10-3-4-10)9-11-5-12(13)7-14-6-11/h5-7,10H,2-4,8-9H2,1H3. The highest BCUT2D eigenvalue weighted by Crippen LogP contribution is 2.30. The number of hydrogen-bond acceptors (Lipinski definition) is 2. The largest absolute Gasteiger partial charge is 0.299 e. The summed E-state index contributed by atoms with van der Waals surface area (Å²) in [6.45, 7) is 5.64. The first-order valence-corrected chi connectivity index (χ1v) is 6.39. The van der Waals surface area contributed by atoms with E-state index in [0.717, 1.165) is 23.5 Å². The molecule has 1 aliphatic rings. The zero-order valence-electron chi connectivity index (χ0n) is 9.12. The summed E-state index contributed by atoms with van der Waals surface area (Å²) in [5.41, 5.74) is 1.30. The lowest BCUT2D eigenvalue weighted by atomic mass is 10.2. The molecule has 15 heavy (non-hydrogen) atoms. The summed E-state index contributed by atoms with van der Waals surface area (Å²) in [4.78, 5) is 6.69. The van der Waals surface area contributed by atoms with Gasteiger partial charge >= 0.3 is 0 Å². The number of pyridine rings is 1. The van der Waals surface area contributed by atoms with Crippen LogP contribution in [0.1, 0.15) is 25.3 Å². The molecule has 1 aromatic heterocycles. The Labute approximate surface area is 99.8 Å². The molecule has 0 bridgehead atoms. The molecule has 0 atom stereocenters. The van der Waals surface area contributed by atoms with Crippen LogP contribution in [0.2, 0.25) is 0 Å². The van der Waals surface area contributed by atoms with Gasteiger partial charge in [0.25, 0.3) is 0 Å². The van der Waals surface area contributed by atoms with Crippen LogP contribution in [0.15, 0.2) is 22.9 Å². The van der Waals surface area contributed by atoms with Gasteiger partial charge < -0.3 is 0 Å². The lowest BCUT2D eigenvalue weighted by molar-refractivity contribution is 0.268. The first-order valence-electron chi connectivity index (χ1n) is 5.59. The van der Waals surface area contributed by atoms with Gasteiger partial charge in [-0.1, -0.05) is 6.92 Å².